The maximum Gasteiger partial charge on any atom is 0.231 e. The molecule has 6 nitrogen and oxygen atoms in total. The van der Waals surface area contributed by atoms with E-state index in [0.717, 1.165) is 16.5 Å². The maximum atomic E-state index is 14.0. The van der Waals surface area contributed by atoms with Crippen molar-refractivity contribution in [2.24, 2.45) is 11.8 Å². The number of H-pyrrole nitrogens is 1. The monoisotopic (exact) mass is 431 g/mol. The molecule has 2 bridgehead atoms. The van der Waals surface area contributed by atoms with Crippen molar-refractivity contribution in [1.29, 1.82) is 0 Å². The van der Waals surface area contributed by atoms with E-state index in [4.69, 9.17) is 4.74 Å². The van der Waals surface area contributed by atoms with Crippen LogP contribution in [0.25, 0.3) is 10.9 Å². The lowest BCUT2D eigenvalue weighted by molar-refractivity contribution is -0.135. The van der Waals surface area contributed by atoms with Crippen molar-refractivity contribution >= 4 is 28.4 Å². The predicted octanol–water partition coefficient (Wildman–Crippen LogP) is 3.27. The number of ether oxygens (including phenoxy) is 1. The molecule has 2 saturated heterocycles. The van der Waals surface area contributed by atoms with Gasteiger partial charge in [0.1, 0.15) is 11.4 Å². The molecule has 162 valence electrons. The van der Waals surface area contributed by atoms with Crippen molar-refractivity contribution in [3.8, 4) is 0 Å². The number of halogens is 1. The highest BCUT2D eigenvalue weighted by molar-refractivity contribution is 5.99. The third-order valence-electron chi connectivity index (χ3n) is 6.94. The Balaban J connectivity index is 1.21. The zero-order valence-corrected chi connectivity index (χ0v) is 17.3. The quantitative estimate of drug-likeness (QED) is 0.609. The molecule has 6 rings (SSSR count). The Hall–Kier alpha value is -3.45. The van der Waals surface area contributed by atoms with Gasteiger partial charge in [-0.05, 0) is 30.2 Å². The molecule has 3 aliphatic rings. The highest BCUT2D eigenvalue weighted by atomic mass is 19.1. The van der Waals surface area contributed by atoms with Gasteiger partial charge in [0.15, 0.2) is 0 Å². The minimum atomic E-state index is -0.779. The van der Waals surface area contributed by atoms with Crippen molar-refractivity contribution in [3.05, 3.63) is 78.3 Å². The highest BCUT2D eigenvalue weighted by Crippen LogP contribution is 2.52. The summed E-state index contributed by atoms with van der Waals surface area (Å²) in [6.45, 7) is 0.970. The molecule has 0 aliphatic carbocycles. The molecule has 0 saturated carbocycles. The number of para-hydroxylation sites is 2. The van der Waals surface area contributed by atoms with Crippen LogP contribution in [0.2, 0.25) is 0 Å². The van der Waals surface area contributed by atoms with Gasteiger partial charge in [-0.2, -0.15) is 0 Å². The predicted molar refractivity (Wildman–Crippen MR) is 117 cm³/mol. The van der Waals surface area contributed by atoms with Gasteiger partial charge in [-0.15, -0.1) is 0 Å². The van der Waals surface area contributed by atoms with Crippen molar-refractivity contribution in [2.45, 2.75) is 18.1 Å². The van der Waals surface area contributed by atoms with E-state index in [1.54, 1.807) is 17.0 Å². The molecule has 4 atom stereocenters. The van der Waals surface area contributed by atoms with E-state index in [9.17, 15) is 14.0 Å². The van der Waals surface area contributed by atoms with Gasteiger partial charge in [0.2, 0.25) is 11.8 Å². The molecule has 4 heterocycles. The number of carbonyl (C=O) groups excluding carboxylic acids is 2. The van der Waals surface area contributed by atoms with Crippen LogP contribution < -0.4 is 5.32 Å². The second-order valence-corrected chi connectivity index (χ2v) is 8.74. The highest BCUT2D eigenvalue weighted by Gasteiger charge is 2.66. The smallest absolute Gasteiger partial charge is 0.231 e. The second-order valence-electron chi connectivity index (χ2n) is 8.74. The molecule has 7 heteroatoms. The number of hydrogen-bond acceptors (Lipinski definition) is 3. The number of hydrogen-bond donors (Lipinski definition) is 2. The number of fused-ring (bicyclic) bond motifs is 2. The summed E-state index contributed by atoms with van der Waals surface area (Å²) in [6.07, 6.45) is 6.01. The Morgan fingerprint density at radius 3 is 2.91 bits per heavy atom. The van der Waals surface area contributed by atoms with Gasteiger partial charge >= 0.3 is 0 Å². The molecular formula is C25H22FN3O3. The lowest BCUT2D eigenvalue weighted by Crippen LogP contribution is -2.41. The van der Waals surface area contributed by atoms with Crippen LogP contribution in [0, 0.1) is 17.7 Å². The molecule has 0 radical (unpaired) electrons. The van der Waals surface area contributed by atoms with Gasteiger partial charge in [-0.1, -0.05) is 42.5 Å². The van der Waals surface area contributed by atoms with E-state index in [2.05, 4.69) is 16.4 Å². The van der Waals surface area contributed by atoms with Crippen LogP contribution in [0.15, 0.2) is 66.9 Å². The van der Waals surface area contributed by atoms with Crippen LogP contribution in [-0.2, 0) is 20.7 Å². The van der Waals surface area contributed by atoms with Crippen molar-refractivity contribution in [1.82, 2.24) is 9.88 Å². The average Bonchev–Trinajstić information content (AvgIpc) is 3.54. The Labute approximate surface area is 184 Å². The van der Waals surface area contributed by atoms with Gasteiger partial charge in [0, 0.05) is 23.6 Å². The van der Waals surface area contributed by atoms with Crippen molar-refractivity contribution < 1.29 is 18.7 Å². The first-order valence-electron chi connectivity index (χ1n) is 10.8. The van der Waals surface area contributed by atoms with Crippen molar-refractivity contribution in [2.75, 3.05) is 18.4 Å². The fourth-order valence-electron chi connectivity index (χ4n) is 5.44. The van der Waals surface area contributed by atoms with Gasteiger partial charge in [-0.25, -0.2) is 4.39 Å². The van der Waals surface area contributed by atoms with E-state index < -0.39 is 29.4 Å². The summed E-state index contributed by atoms with van der Waals surface area (Å²) in [6, 6.07) is 14.1. The van der Waals surface area contributed by atoms with Crippen LogP contribution in [0.3, 0.4) is 0 Å². The molecule has 3 aromatic rings. The lowest BCUT2D eigenvalue weighted by atomic mass is 9.77. The fourth-order valence-corrected chi connectivity index (χ4v) is 5.44. The number of aromatic amines is 1. The molecule has 2 amide bonds. The Bertz CT molecular complexity index is 1270. The standard InChI is InChI=1S/C25H22FN3O3/c26-17-6-2-4-8-19(17)28-23(30)21-20-9-11-25(32-20)14-29(24(31)22(21)25)12-10-15-13-27-18-7-3-1-5-16(15)18/h1-9,11,13,20-22,27H,10,12,14H2,(H,28,30)/t20-,21+,22+,25+/m1/s1. The first-order valence-corrected chi connectivity index (χ1v) is 10.8. The number of aromatic nitrogens is 1. The van der Waals surface area contributed by atoms with E-state index in [1.165, 1.54) is 12.1 Å². The lowest BCUT2D eigenvalue weighted by Gasteiger charge is -2.23. The Morgan fingerprint density at radius 2 is 2.03 bits per heavy atom. The summed E-state index contributed by atoms with van der Waals surface area (Å²) in [5.74, 6) is -2.24. The molecule has 32 heavy (non-hydrogen) atoms. The molecule has 1 aromatic heterocycles. The Kier molecular flexibility index (Phi) is 4.23. The number of benzene rings is 2. The third-order valence-corrected chi connectivity index (χ3v) is 6.94. The molecule has 2 aromatic carbocycles. The number of likely N-dealkylation sites (tertiary alicyclic amines) is 1. The summed E-state index contributed by atoms with van der Waals surface area (Å²) in [7, 11) is 0. The average molecular weight is 431 g/mol. The first-order chi connectivity index (χ1) is 15.6. The molecular weight excluding hydrogens is 409 g/mol. The number of amides is 2. The van der Waals surface area contributed by atoms with E-state index in [1.807, 2.05) is 36.5 Å². The molecule has 0 unspecified atom stereocenters. The molecule has 2 N–H and O–H groups in total. The Morgan fingerprint density at radius 1 is 1.22 bits per heavy atom. The van der Waals surface area contributed by atoms with Crippen LogP contribution in [0.1, 0.15) is 5.56 Å². The number of rotatable bonds is 5. The zero-order chi connectivity index (χ0) is 21.9. The van der Waals surface area contributed by atoms with E-state index in [0.29, 0.717) is 19.5 Å². The zero-order valence-electron chi connectivity index (χ0n) is 17.3. The van der Waals surface area contributed by atoms with Gasteiger partial charge in [0.05, 0.1) is 30.2 Å². The van der Waals surface area contributed by atoms with E-state index >= 15 is 0 Å². The van der Waals surface area contributed by atoms with Crippen LogP contribution in [-0.4, -0.2) is 46.5 Å². The number of anilines is 1. The maximum absolute atomic E-state index is 14.0. The fraction of sp³-hybridized carbons (Fsp3) is 0.280. The first kappa shape index (κ1) is 19.3. The minimum absolute atomic E-state index is 0.0784. The SMILES string of the molecule is O=C(Nc1ccccc1F)[C@@H]1[C@H]2C(=O)N(CCc3c[nH]c4ccccc34)C[C@@]23C=C[C@H]1O3. The summed E-state index contributed by atoms with van der Waals surface area (Å²) in [4.78, 5) is 31.5. The van der Waals surface area contributed by atoms with Crippen LogP contribution in [0.4, 0.5) is 10.1 Å². The largest absolute Gasteiger partial charge is 0.361 e. The van der Waals surface area contributed by atoms with Gasteiger partial charge < -0.3 is 19.9 Å². The third kappa shape index (κ3) is 2.81. The van der Waals surface area contributed by atoms with Crippen LogP contribution >= 0.6 is 0 Å². The molecule has 3 aliphatic heterocycles. The van der Waals surface area contributed by atoms with E-state index in [-0.39, 0.29) is 17.5 Å². The topological polar surface area (TPSA) is 74.4 Å². The van der Waals surface area contributed by atoms with Gasteiger partial charge in [-0.3, -0.25) is 9.59 Å². The molecule has 2 fully saturated rings. The second kappa shape index (κ2) is 7.03. The summed E-state index contributed by atoms with van der Waals surface area (Å²) in [5.41, 5.74) is 1.55. The van der Waals surface area contributed by atoms with Gasteiger partial charge in [0.25, 0.3) is 0 Å². The normalized spacial score (nSPS) is 28.0. The summed E-state index contributed by atoms with van der Waals surface area (Å²) in [5, 5.41) is 3.80. The minimum Gasteiger partial charge on any atom is -0.361 e. The summed E-state index contributed by atoms with van der Waals surface area (Å²) < 4.78 is 20.2. The summed E-state index contributed by atoms with van der Waals surface area (Å²) >= 11 is 0. The number of carbonyl (C=O) groups is 2. The molecule has 1 spiro atoms. The van der Waals surface area contributed by atoms with Crippen molar-refractivity contribution in [3.63, 3.8) is 0 Å². The number of nitrogens with one attached hydrogen (secondary N) is 2. The van der Waals surface area contributed by atoms with Crippen LogP contribution in [0.5, 0.6) is 0 Å². The number of nitrogens with zero attached hydrogens (tertiary/aromatic N) is 1.